The maximum Gasteiger partial charge on any atom is 0.160 e. The van der Waals surface area contributed by atoms with Gasteiger partial charge in [-0.25, -0.2) is 4.98 Å². The van der Waals surface area contributed by atoms with Crippen LogP contribution in [0.4, 0.5) is 0 Å². The van der Waals surface area contributed by atoms with Gasteiger partial charge < -0.3 is 5.11 Å². The minimum atomic E-state index is 0.300. The molecule has 0 saturated heterocycles. The molecule has 1 N–H and O–H groups in total. The second-order valence-corrected chi connectivity index (χ2v) is 5.80. The Kier molecular flexibility index (Phi) is 3.34. The summed E-state index contributed by atoms with van der Waals surface area (Å²) < 4.78 is 1.04. The van der Waals surface area contributed by atoms with Crippen LogP contribution in [-0.4, -0.2) is 10.1 Å². The third-order valence-corrected chi connectivity index (χ3v) is 4.97. The molecule has 0 amide bonds. The van der Waals surface area contributed by atoms with Crippen LogP contribution in [0.3, 0.4) is 0 Å². The highest BCUT2D eigenvalue weighted by molar-refractivity contribution is 8.77. The summed E-state index contributed by atoms with van der Waals surface area (Å²) in [5, 5.41) is 11.0. The molecular weight excluding hydrogens is 234 g/mol. The zero-order valence-electron chi connectivity index (χ0n) is 7.08. The lowest BCUT2D eigenvalue weighted by Crippen LogP contribution is -1.67. The second-order valence-electron chi connectivity index (χ2n) is 2.46. The molecule has 0 bridgehead atoms. The van der Waals surface area contributed by atoms with Gasteiger partial charge in [-0.1, -0.05) is 10.8 Å². The summed E-state index contributed by atoms with van der Waals surface area (Å²) in [6, 6.07) is 7.15. The highest BCUT2D eigenvalue weighted by atomic mass is 33.1. The summed E-state index contributed by atoms with van der Waals surface area (Å²) in [5.74, 6) is 0.300. The number of hydrogen-bond acceptors (Lipinski definition) is 5. The molecular formula is C9H7NOS3. The third kappa shape index (κ3) is 2.67. The minimum Gasteiger partial charge on any atom is -0.508 e. The van der Waals surface area contributed by atoms with E-state index < -0.39 is 0 Å². The summed E-state index contributed by atoms with van der Waals surface area (Å²) in [7, 11) is 3.27. The smallest absolute Gasteiger partial charge is 0.160 e. The predicted molar refractivity (Wildman–Crippen MR) is 61.9 cm³/mol. The molecule has 0 saturated carbocycles. The Labute approximate surface area is 93.8 Å². The zero-order valence-corrected chi connectivity index (χ0v) is 9.53. The van der Waals surface area contributed by atoms with Crippen molar-refractivity contribution in [2.24, 2.45) is 0 Å². The average molecular weight is 241 g/mol. The molecule has 1 heterocycles. The Bertz CT molecular complexity index is 385. The number of phenols is 1. The number of aromatic nitrogens is 1. The van der Waals surface area contributed by atoms with Gasteiger partial charge in [0.15, 0.2) is 4.34 Å². The van der Waals surface area contributed by atoms with E-state index in [1.54, 1.807) is 51.3 Å². The van der Waals surface area contributed by atoms with Crippen LogP contribution in [0.25, 0.3) is 0 Å². The lowest BCUT2D eigenvalue weighted by molar-refractivity contribution is 0.475. The highest BCUT2D eigenvalue weighted by Crippen LogP contribution is 2.38. The Hall–Kier alpha value is -0.650. The van der Waals surface area contributed by atoms with E-state index in [1.807, 2.05) is 17.5 Å². The van der Waals surface area contributed by atoms with Gasteiger partial charge in [-0.3, -0.25) is 0 Å². The largest absolute Gasteiger partial charge is 0.508 e. The van der Waals surface area contributed by atoms with Crippen LogP contribution in [0.15, 0.2) is 45.1 Å². The van der Waals surface area contributed by atoms with Crippen molar-refractivity contribution in [2.45, 2.75) is 9.24 Å². The van der Waals surface area contributed by atoms with Gasteiger partial charge in [0.25, 0.3) is 0 Å². The maximum atomic E-state index is 9.08. The summed E-state index contributed by atoms with van der Waals surface area (Å²) in [6.45, 7) is 0. The van der Waals surface area contributed by atoms with Crippen LogP contribution in [0, 0.1) is 0 Å². The Morgan fingerprint density at radius 2 is 1.93 bits per heavy atom. The molecule has 2 rings (SSSR count). The molecule has 1 aromatic heterocycles. The topological polar surface area (TPSA) is 33.1 Å². The zero-order chi connectivity index (χ0) is 9.80. The van der Waals surface area contributed by atoms with Crippen molar-refractivity contribution in [3.63, 3.8) is 0 Å². The van der Waals surface area contributed by atoms with Crippen molar-refractivity contribution in [2.75, 3.05) is 0 Å². The molecule has 14 heavy (non-hydrogen) atoms. The number of benzene rings is 1. The number of aromatic hydroxyl groups is 1. The Morgan fingerprint density at radius 1 is 1.14 bits per heavy atom. The summed E-state index contributed by atoms with van der Waals surface area (Å²) in [5.41, 5.74) is 0. The van der Waals surface area contributed by atoms with Crippen molar-refractivity contribution in [1.29, 1.82) is 0 Å². The van der Waals surface area contributed by atoms with Crippen LogP contribution < -0.4 is 0 Å². The van der Waals surface area contributed by atoms with Gasteiger partial charge >= 0.3 is 0 Å². The molecule has 2 nitrogen and oxygen atoms in total. The van der Waals surface area contributed by atoms with Crippen LogP contribution >= 0.6 is 32.9 Å². The number of phenolic OH excluding ortho intramolecular Hbond substituents is 1. The molecule has 0 fully saturated rings. The Morgan fingerprint density at radius 3 is 2.57 bits per heavy atom. The molecule has 0 aliphatic heterocycles. The van der Waals surface area contributed by atoms with Gasteiger partial charge in [0.1, 0.15) is 5.75 Å². The van der Waals surface area contributed by atoms with Gasteiger partial charge in [-0.15, -0.1) is 11.3 Å². The van der Waals surface area contributed by atoms with E-state index in [0.29, 0.717) is 5.75 Å². The monoisotopic (exact) mass is 241 g/mol. The third-order valence-electron chi connectivity index (χ3n) is 1.46. The van der Waals surface area contributed by atoms with E-state index in [0.717, 1.165) is 9.24 Å². The van der Waals surface area contributed by atoms with Gasteiger partial charge in [0, 0.05) is 16.5 Å². The molecule has 0 spiro atoms. The summed E-state index contributed by atoms with van der Waals surface area (Å²) in [4.78, 5) is 5.27. The van der Waals surface area contributed by atoms with Crippen molar-refractivity contribution in [1.82, 2.24) is 4.98 Å². The van der Waals surface area contributed by atoms with Gasteiger partial charge in [0.2, 0.25) is 0 Å². The minimum absolute atomic E-state index is 0.300. The first-order chi connectivity index (χ1) is 6.84. The van der Waals surface area contributed by atoms with E-state index >= 15 is 0 Å². The van der Waals surface area contributed by atoms with Crippen molar-refractivity contribution >= 4 is 32.9 Å². The van der Waals surface area contributed by atoms with Gasteiger partial charge in [-0.2, -0.15) is 0 Å². The highest BCUT2D eigenvalue weighted by Gasteiger charge is 1.99. The molecule has 72 valence electrons. The first-order valence-electron chi connectivity index (χ1n) is 3.87. The fourth-order valence-electron chi connectivity index (χ4n) is 0.837. The molecule has 1 aromatic carbocycles. The average Bonchev–Trinajstić information content (AvgIpc) is 2.70. The normalized spacial score (nSPS) is 10.3. The first kappa shape index (κ1) is 9.89. The van der Waals surface area contributed by atoms with Crippen LogP contribution in [0.1, 0.15) is 0 Å². The standard InChI is InChI=1S/C9H7NOS3/c11-7-1-3-8(4-2-7)13-14-9-10-5-6-12-9/h1-6,11H. The number of hydrogen-bond donors (Lipinski definition) is 1. The first-order valence-corrected chi connectivity index (χ1v) is 6.90. The quantitative estimate of drug-likeness (QED) is 0.832. The van der Waals surface area contributed by atoms with Crippen molar-refractivity contribution < 1.29 is 5.11 Å². The van der Waals surface area contributed by atoms with Crippen LogP contribution in [0.5, 0.6) is 5.75 Å². The molecule has 0 unspecified atom stereocenters. The SMILES string of the molecule is Oc1ccc(SSc2nccs2)cc1. The lowest BCUT2D eigenvalue weighted by Gasteiger charge is -1.97. The fraction of sp³-hybridized carbons (Fsp3) is 0. The second kappa shape index (κ2) is 4.72. The van der Waals surface area contributed by atoms with E-state index in [2.05, 4.69) is 4.98 Å². The molecule has 0 radical (unpaired) electrons. The van der Waals surface area contributed by atoms with Crippen molar-refractivity contribution in [3.05, 3.63) is 35.8 Å². The Balaban J connectivity index is 1.95. The van der Waals surface area contributed by atoms with Crippen molar-refractivity contribution in [3.8, 4) is 5.75 Å². The van der Waals surface area contributed by atoms with Gasteiger partial charge in [-0.05, 0) is 35.1 Å². The molecule has 0 atom stereocenters. The van der Waals surface area contributed by atoms with Crippen LogP contribution in [0.2, 0.25) is 0 Å². The molecule has 0 aliphatic rings. The maximum absolute atomic E-state index is 9.08. The fourth-order valence-corrected chi connectivity index (χ4v) is 3.66. The summed E-state index contributed by atoms with van der Waals surface area (Å²) >= 11 is 1.63. The molecule has 2 aromatic rings. The number of thiazole rings is 1. The van der Waals surface area contributed by atoms with Crippen LogP contribution in [-0.2, 0) is 0 Å². The van der Waals surface area contributed by atoms with Gasteiger partial charge in [0.05, 0.1) is 0 Å². The molecule has 0 aliphatic carbocycles. The number of rotatable bonds is 3. The lowest BCUT2D eigenvalue weighted by atomic mass is 10.3. The van der Waals surface area contributed by atoms with E-state index in [9.17, 15) is 0 Å². The molecule has 5 heteroatoms. The van der Waals surface area contributed by atoms with E-state index in [4.69, 9.17) is 5.11 Å². The predicted octanol–water partition coefficient (Wildman–Crippen LogP) is 3.65. The number of nitrogens with zero attached hydrogens (tertiary/aromatic N) is 1. The van der Waals surface area contributed by atoms with E-state index in [-0.39, 0.29) is 0 Å². The van der Waals surface area contributed by atoms with E-state index in [1.165, 1.54) is 0 Å². The summed E-state index contributed by atoms with van der Waals surface area (Å²) in [6.07, 6.45) is 1.80.